The van der Waals surface area contributed by atoms with Crippen LogP contribution >= 0.6 is 27.3 Å². The van der Waals surface area contributed by atoms with Gasteiger partial charge in [0.25, 0.3) is 0 Å². The number of nitriles is 1. The molecule has 3 aromatic carbocycles. The Hall–Kier alpha value is -4.20. The number of hydrogen-bond donors (Lipinski definition) is 2. The number of nitrogen functional groups attached to an aromatic ring is 1. The van der Waals surface area contributed by atoms with Crippen LogP contribution in [0, 0.1) is 18.3 Å². The zero-order valence-corrected chi connectivity index (χ0v) is 21.4. The molecule has 4 aromatic rings. The summed E-state index contributed by atoms with van der Waals surface area (Å²) in [6.07, 6.45) is 0. The predicted octanol–water partition coefficient (Wildman–Crippen LogP) is 6.32. The number of thiazole rings is 1. The van der Waals surface area contributed by atoms with Gasteiger partial charge < -0.3 is 15.7 Å². The van der Waals surface area contributed by atoms with E-state index in [2.05, 4.69) is 37.2 Å². The van der Waals surface area contributed by atoms with Crippen molar-refractivity contribution < 1.29 is 9.84 Å². The SMILES string of the molecule is Cc1c(N=Nc2ccc(Br)cc2)s/c(=N\C2=C(C#N)C(c3ccccc3)c3ccc(O)cc3O2)n1N. The fourth-order valence-electron chi connectivity index (χ4n) is 3.80. The molecule has 0 saturated heterocycles. The van der Waals surface area contributed by atoms with Gasteiger partial charge in [0, 0.05) is 16.1 Å². The highest BCUT2D eigenvalue weighted by molar-refractivity contribution is 9.10. The lowest BCUT2D eigenvalue weighted by atomic mass is 9.83. The molecular formula is C26H19BrN6O2S. The molecule has 0 saturated carbocycles. The zero-order valence-electron chi connectivity index (χ0n) is 19.0. The Labute approximate surface area is 219 Å². The lowest BCUT2D eigenvalue weighted by Gasteiger charge is -2.26. The quantitative estimate of drug-likeness (QED) is 0.225. The van der Waals surface area contributed by atoms with Crippen LogP contribution in [0.15, 0.2) is 104 Å². The van der Waals surface area contributed by atoms with Crippen molar-refractivity contribution in [1.29, 1.82) is 5.26 Å². The highest BCUT2D eigenvalue weighted by Gasteiger charge is 2.32. The summed E-state index contributed by atoms with van der Waals surface area (Å²) in [6, 6.07) is 24.2. The van der Waals surface area contributed by atoms with Crippen LogP contribution in [0.25, 0.3) is 0 Å². The first-order valence-corrected chi connectivity index (χ1v) is 12.4. The molecule has 5 rings (SSSR count). The molecule has 0 aliphatic carbocycles. The molecule has 10 heteroatoms. The number of fused-ring (bicyclic) bond motifs is 1. The van der Waals surface area contributed by atoms with E-state index in [1.807, 2.05) is 61.5 Å². The molecule has 0 amide bonds. The third kappa shape index (κ3) is 4.54. The van der Waals surface area contributed by atoms with Gasteiger partial charge in [-0.2, -0.15) is 10.3 Å². The van der Waals surface area contributed by atoms with E-state index in [0.717, 1.165) is 15.6 Å². The molecule has 1 aliphatic rings. The van der Waals surface area contributed by atoms with E-state index in [1.54, 1.807) is 12.1 Å². The van der Waals surface area contributed by atoms with Crippen LogP contribution in [0.4, 0.5) is 10.7 Å². The normalized spacial score (nSPS) is 15.6. The minimum Gasteiger partial charge on any atom is -0.508 e. The number of azo groups is 1. The van der Waals surface area contributed by atoms with Gasteiger partial charge in [-0.05, 0) is 42.8 Å². The largest absolute Gasteiger partial charge is 0.508 e. The molecule has 0 bridgehead atoms. The molecule has 1 aliphatic heterocycles. The summed E-state index contributed by atoms with van der Waals surface area (Å²) in [4.78, 5) is 5.01. The van der Waals surface area contributed by atoms with Crippen LogP contribution in [0.3, 0.4) is 0 Å². The number of halogens is 1. The molecule has 36 heavy (non-hydrogen) atoms. The van der Waals surface area contributed by atoms with Crippen LogP contribution in [0.1, 0.15) is 22.7 Å². The summed E-state index contributed by atoms with van der Waals surface area (Å²) in [5.74, 6) is 6.46. The van der Waals surface area contributed by atoms with Crippen LogP contribution in [0.2, 0.25) is 0 Å². The van der Waals surface area contributed by atoms with Crippen molar-refractivity contribution in [2.75, 3.05) is 5.84 Å². The van der Waals surface area contributed by atoms with Crippen molar-refractivity contribution in [1.82, 2.24) is 4.68 Å². The van der Waals surface area contributed by atoms with Crippen LogP contribution in [0.5, 0.6) is 11.5 Å². The van der Waals surface area contributed by atoms with E-state index in [9.17, 15) is 10.4 Å². The van der Waals surface area contributed by atoms with Gasteiger partial charge in [-0.1, -0.05) is 63.7 Å². The van der Waals surface area contributed by atoms with Gasteiger partial charge in [-0.15, -0.1) is 10.2 Å². The number of ether oxygens (including phenoxy) is 1. The molecule has 3 N–H and O–H groups in total. The smallest absolute Gasteiger partial charge is 0.236 e. The third-order valence-corrected chi connectivity index (χ3v) is 7.20. The number of allylic oxidation sites excluding steroid dienone is 1. The second kappa shape index (κ2) is 9.81. The minimum atomic E-state index is -0.414. The topological polar surface area (TPSA) is 121 Å². The number of benzene rings is 3. The van der Waals surface area contributed by atoms with Crippen molar-refractivity contribution >= 4 is 38.0 Å². The first-order valence-electron chi connectivity index (χ1n) is 10.8. The van der Waals surface area contributed by atoms with Gasteiger partial charge in [0.1, 0.15) is 23.1 Å². The first-order chi connectivity index (χ1) is 17.4. The Morgan fingerprint density at radius 2 is 1.83 bits per heavy atom. The number of aromatic hydroxyl groups is 1. The highest BCUT2D eigenvalue weighted by Crippen LogP contribution is 2.44. The molecule has 8 nitrogen and oxygen atoms in total. The van der Waals surface area contributed by atoms with E-state index >= 15 is 0 Å². The first kappa shape index (κ1) is 23.5. The average Bonchev–Trinajstić information content (AvgIpc) is 3.15. The molecule has 0 radical (unpaired) electrons. The van der Waals surface area contributed by atoms with E-state index in [-0.39, 0.29) is 11.6 Å². The Morgan fingerprint density at radius 3 is 2.56 bits per heavy atom. The molecule has 2 heterocycles. The minimum absolute atomic E-state index is 0.0526. The average molecular weight is 559 g/mol. The van der Waals surface area contributed by atoms with E-state index in [1.165, 1.54) is 22.1 Å². The van der Waals surface area contributed by atoms with Crippen LogP contribution < -0.4 is 15.4 Å². The van der Waals surface area contributed by atoms with E-state index < -0.39 is 5.92 Å². The Kier molecular flexibility index (Phi) is 6.41. The number of nitrogens with zero attached hydrogens (tertiary/aromatic N) is 5. The van der Waals surface area contributed by atoms with Crippen LogP contribution in [-0.4, -0.2) is 9.78 Å². The van der Waals surface area contributed by atoms with E-state index in [0.29, 0.717) is 32.5 Å². The van der Waals surface area contributed by atoms with E-state index in [4.69, 9.17) is 10.6 Å². The summed E-state index contributed by atoms with van der Waals surface area (Å²) in [5.41, 5.74) is 3.36. The van der Waals surface area contributed by atoms with Crippen molar-refractivity contribution in [3.8, 4) is 17.6 Å². The van der Waals surface area contributed by atoms with Gasteiger partial charge in [-0.3, -0.25) is 0 Å². The molecule has 1 aromatic heterocycles. The Balaban J connectivity index is 1.61. The fraction of sp³-hybridized carbons (Fsp3) is 0.0769. The number of nitrogens with two attached hydrogens (primary N) is 1. The molecule has 1 atom stereocenters. The number of aromatic nitrogens is 1. The maximum Gasteiger partial charge on any atom is 0.236 e. The standard InChI is InChI=1S/C26H19BrN6O2S/c1-15-25(32-31-18-9-7-17(27)8-10-18)36-26(33(15)29)30-24-21(14-28)23(16-5-3-2-4-6-16)20-12-11-19(34)13-22(20)35-24/h2-13,23,34H,29H2,1H3/b30-26-,32-31?. The van der Waals surface area contributed by atoms with Crippen LogP contribution in [-0.2, 0) is 0 Å². The maximum atomic E-state index is 10.1. The van der Waals surface area contributed by atoms with Gasteiger partial charge in [0.2, 0.25) is 10.7 Å². The number of rotatable bonds is 4. The van der Waals surface area contributed by atoms with Crippen molar-refractivity contribution in [2.45, 2.75) is 12.8 Å². The summed E-state index contributed by atoms with van der Waals surface area (Å²) >= 11 is 4.63. The predicted molar refractivity (Wildman–Crippen MR) is 141 cm³/mol. The second-order valence-electron chi connectivity index (χ2n) is 7.93. The molecule has 1 unspecified atom stereocenters. The van der Waals surface area contributed by atoms with Gasteiger partial charge in [-0.25, -0.2) is 4.68 Å². The second-order valence-corrected chi connectivity index (χ2v) is 9.80. The Bertz CT molecular complexity index is 1620. The van der Waals surface area contributed by atoms with Crippen molar-refractivity contribution in [3.63, 3.8) is 0 Å². The van der Waals surface area contributed by atoms with Gasteiger partial charge in [0.05, 0.1) is 17.3 Å². The summed E-state index contributed by atoms with van der Waals surface area (Å²) in [5, 5.41) is 29.4. The van der Waals surface area contributed by atoms with Gasteiger partial charge in [0.15, 0.2) is 5.00 Å². The molecule has 0 fully saturated rings. The summed E-state index contributed by atoms with van der Waals surface area (Å²) in [7, 11) is 0. The maximum absolute atomic E-state index is 10.1. The van der Waals surface area contributed by atoms with Crippen molar-refractivity contribution in [2.24, 2.45) is 15.2 Å². The molecular weight excluding hydrogens is 540 g/mol. The summed E-state index contributed by atoms with van der Waals surface area (Å²) in [6.45, 7) is 1.81. The monoisotopic (exact) mass is 558 g/mol. The fourth-order valence-corrected chi connectivity index (χ4v) is 4.93. The van der Waals surface area contributed by atoms with Gasteiger partial charge >= 0.3 is 0 Å². The van der Waals surface area contributed by atoms with Crippen molar-refractivity contribution in [3.05, 3.63) is 110 Å². The lowest BCUT2D eigenvalue weighted by Crippen LogP contribution is -2.25. The number of phenols is 1. The number of phenolic OH excluding ortho intramolecular Hbond substituents is 1. The highest BCUT2D eigenvalue weighted by atomic mass is 79.9. The summed E-state index contributed by atoms with van der Waals surface area (Å²) < 4.78 is 8.37. The third-order valence-electron chi connectivity index (χ3n) is 5.63. The lowest BCUT2D eigenvalue weighted by molar-refractivity contribution is 0.385. The Morgan fingerprint density at radius 1 is 1.08 bits per heavy atom. The molecule has 178 valence electrons. The number of hydrogen-bond acceptors (Lipinski definition) is 8. The molecule has 0 spiro atoms. The zero-order chi connectivity index (χ0) is 25.2.